The Kier molecular flexibility index (Phi) is 6.21. The molecule has 3 aliphatic carbocycles. The number of hydrogen-bond acceptors (Lipinski definition) is 7. The molecule has 1 amide bonds. The largest absolute Gasteiger partial charge is 0.463 e. The van der Waals surface area contributed by atoms with Crippen molar-refractivity contribution in [3.63, 3.8) is 0 Å². The number of hydrogen-bond donors (Lipinski definition) is 4. The van der Waals surface area contributed by atoms with Crippen LogP contribution < -0.4 is 10.1 Å². The van der Waals surface area contributed by atoms with E-state index in [1.54, 1.807) is 0 Å². The summed E-state index contributed by atoms with van der Waals surface area (Å²) in [5.74, 6) is 2.07. The zero-order valence-electron chi connectivity index (χ0n) is 19.8. The molecular weight excluding hydrogens is 438 g/mol. The van der Waals surface area contributed by atoms with Crippen LogP contribution in [-0.2, 0) is 20.7 Å². The Labute approximate surface area is 199 Å². The highest BCUT2D eigenvalue weighted by molar-refractivity contribution is 5.87. The number of carbonyl (C=O) groups is 2. The van der Waals surface area contributed by atoms with E-state index in [0.717, 1.165) is 38.5 Å². The molecular formula is C26H35NO7. The van der Waals surface area contributed by atoms with Gasteiger partial charge in [0.1, 0.15) is 35.9 Å². The van der Waals surface area contributed by atoms with Crippen molar-refractivity contribution in [1.82, 2.24) is 5.32 Å². The second-order valence-corrected chi connectivity index (χ2v) is 10.7. The van der Waals surface area contributed by atoms with Gasteiger partial charge in [0.15, 0.2) is 0 Å². The Hall–Kier alpha value is -2.00. The quantitative estimate of drug-likeness (QED) is 0.521. The number of benzene rings is 1. The third kappa shape index (κ3) is 3.85. The topological polar surface area (TPSA) is 125 Å². The van der Waals surface area contributed by atoms with Crippen molar-refractivity contribution < 1.29 is 34.4 Å². The Bertz CT molecular complexity index is 966. The Morgan fingerprint density at radius 3 is 2.74 bits per heavy atom. The van der Waals surface area contributed by atoms with Crippen LogP contribution in [0.25, 0.3) is 0 Å². The minimum atomic E-state index is -1.35. The first-order chi connectivity index (χ1) is 16.2. The monoisotopic (exact) mass is 473 g/mol. The van der Waals surface area contributed by atoms with E-state index in [9.17, 15) is 24.9 Å². The maximum Gasteiger partial charge on any atom is 0.223 e. The van der Waals surface area contributed by atoms with Gasteiger partial charge in [0.25, 0.3) is 0 Å². The van der Waals surface area contributed by atoms with Crippen molar-refractivity contribution in [1.29, 1.82) is 0 Å². The van der Waals surface area contributed by atoms with E-state index in [0.29, 0.717) is 29.3 Å². The van der Waals surface area contributed by atoms with Crippen LogP contribution in [0.1, 0.15) is 63.0 Å². The number of nitrogens with one attached hydrogen (secondary N) is 1. The summed E-state index contributed by atoms with van der Waals surface area (Å²) in [6, 6.07) is 5.01. The molecule has 9 atom stereocenters. The summed E-state index contributed by atoms with van der Waals surface area (Å²) in [5.41, 5.74) is 2.41. The highest BCUT2D eigenvalue weighted by atomic mass is 16.7. The lowest BCUT2D eigenvalue weighted by Gasteiger charge is -2.48. The van der Waals surface area contributed by atoms with Crippen LogP contribution in [0, 0.1) is 17.3 Å². The average molecular weight is 474 g/mol. The third-order valence-electron chi connectivity index (χ3n) is 8.91. The van der Waals surface area contributed by atoms with Crippen LogP contribution in [0.15, 0.2) is 18.2 Å². The standard InChI is InChI=1S/C26H35NO7/c1-13(29)27-22-24(32)23(31)20(12-28)34-25(22)33-15-4-6-16-14(11-15)3-5-18-17(16)9-10-26(2)19(18)7-8-21(26)30/h4,6,11,17-20,22-25,28,31-32H,3,5,7-10,12H2,1-2H3,(H,27,29)/t17-,18-,19+,20+,22-,23+,24+,25+,26+/m0/s1. The van der Waals surface area contributed by atoms with Crippen molar-refractivity contribution in [2.75, 3.05) is 6.61 Å². The lowest BCUT2D eigenvalue weighted by Crippen LogP contribution is -2.65. The number of ketones is 1. The van der Waals surface area contributed by atoms with Gasteiger partial charge in [-0.25, -0.2) is 0 Å². The van der Waals surface area contributed by atoms with Gasteiger partial charge in [0.05, 0.1) is 6.61 Å². The Morgan fingerprint density at radius 2 is 2.00 bits per heavy atom. The van der Waals surface area contributed by atoms with Gasteiger partial charge in [-0.2, -0.15) is 0 Å². The number of rotatable bonds is 4. The average Bonchev–Trinajstić information content (AvgIpc) is 3.12. The number of fused-ring (bicyclic) bond motifs is 5. The second-order valence-electron chi connectivity index (χ2n) is 10.7. The van der Waals surface area contributed by atoms with E-state index in [-0.39, 0.29) is 11.3 Å². The number of carbonyl (C=O) groups excluding carboxylic acids is 2. The molecule has 2 saturated carbocycles. The SMILES string of the molecule is CC(=O)N[C@@H]1[C@H](Oc2ccc3c(c2)CC[C@@H]2[C@H]4CCC(=O)[C@]4(C)CC[C@@H]32)O[C@H](CO)[C@@H](O)[C@@H]1O. The van der Waals surface area contributed by atoms with E-state index in [4.69, 9.17) is 9.47 Å². The number of aliphatic hydroxyl groups excluding tert-OH is 3. The lowest BCUT2D eigenvalue weighted by atomic mass is 9.55. The third-order valence-corrected chi connectivity index (χ3v) is 8.91. The van der Waals surface area contributed by atoms with Crippen LogP contribution in [0.5, 0.6) is 5.75 Å². The first kappa shape index (κ1) is 23.7. The highest BCUT2D eigenvalue weighted by Crippen LogP contribution is 2.59. The van der Waals surface area contributed by atoms with Gasteiger partial charge in [-0.15, -0.1) is 0 Å². The molecule has 0 aromatic heterocycles. The second kappa shape index (κ2) is 8.90. The molecule has 0 radical (unpaired) electrons. The Balaban J connectivity index is 1.36. The molecule has 0 bridgehead atoms. The highest BCUT2D eigenvalue weighted by Gasteiger charge is 2.54. The summed E-state index contributed by atoms with van der Waals surface area (Å²) in [4.78, 5) is 24.2. The first-order valence-corrected chi connectivity index (χ1v) is 12.4. The van der Waals surface area contributed by atoms with E-state index in [1.165, 1.54) is 18.1 Å². The van der Waals surface area contributed by atoms with Crippen molar-refractivity contribution >= 4 is 11.7 Å². The fourth-order valence-corrected chi connectivity index (χ4v) is 7.11. The molecule has 186 valence electrons. The van der Waals surface area contributed by atoms with Crippen LogP contribution in [0.4, 0.5) is 0 Å². The number of amides is 1. The van der Waals surface area contributed by atoms with E-state index >= 15 is 0 Å². The van der Waals surface area contributed by atoms with Crippen molar-refractivity contribution in [2.45, 2.75) is 88.9 Å². The number of ether oxygens (including phenoxy) is 2. The fraction of sp³-hybridized carbons (Fsp3) is 0.692. The van der Waals surface area contributed by atoms with Crippen LogP contribution >= 0.6 is 0 Å². The molecule has 34 heavy (non-hydrogen) atoms. The van der Waals surface area contributed by atoms with E-state index in [2.05, 4.69) is 18.3 Å². The van der Waals surface area contributed by atoms with Gasteiger partial charge in [-0.3, -0.25) is 9.59 Å². The smallest absolute Gasteiger partial charge is 0.223 e. The molecule has 8 nitrogen and oxygen atoms in total. The molecule has 5 rings (SSSR count). The number of aliphatic hydroxyl groups is 3. The Morgan fingerprint density at radius 1 is 1.21 bits per heavy atom. The predicted molar refractivity (Wildman–Crippen MR) is 122 cm³/mol. The van der Waals surface area contributed by atoms with Gasteiger partial charge >= 0.3 is 0 Å². The molecule has 0 spiro atoms. The summed E-state index contributed by atoms with van der Waals surface area (Å²) in [7, 11) is 0. The van der Waals surface area contributed by atoms with Gasteiger partial charge < -0.3 is 30.1 Å². The van der Waals surface area contributed by atoms with Crippen LogP contribution in [0.2, 0.25) is 0 Å². The summed E-state index contributed by atoms with van der Waals surface area (Å²) >= 11 is 0. The zero-order chi connectivity index (χ0) is 24.2. The van der Waals surface area contributed by atoms with Crippen LogP contribution in [-0.4, -0.2) is 64.3 Å². The molecule has 1 aliphatic heterocycles. The van der Waals surface area contributed by atoms with Crippen LogP contribution in [0.3, 0.4) is 0 Å². The normalized spacial score (nSPS) is 41.3. The van der Waals surface area contributed by atoms with Gasteiger partial charge in [-0.05, 0) is 73.1 Å². The van der Waals surface area contributed by atoms with E-state index < -0.39 is 37.3 Å². The summed E-state index contributed by atoms with van der Waals surface area (Å²) < 4.78 is 11.8. The molecule has 4 aliphatic rings. The van der Waals surface area contributed by atoms with Crippen molar-refractivity contribution in [3.05, 3.63) is 29.3 Å². The minimum absolute atomic E-state index is 0.145. The molecule has 8 heteroatoms. The summed E-state index contributed by atoms with van der Waals surface area (Å²) in [5, 5.41) is 32.9. The first-order valence-electron chi connectivity index (χ1n) is 12.4. The number of aryl methyl sites for hydroxylation is 1. The molecule has 4 N–H and O–H groups in total. The summed E-state index contributed by atoms with van der Waals surface area (Å²) in [6.07, 6.45) is 0.902. The van der Waals surface area contributed by atoms with Gasteiger partial charge in [-0.1, -0.05) is 13.0 Å². The fourth-order valence-electron chi connectivity index (χ4n) is 7.11. The van der Waals surface area contributed by atoms with Crippen molar-refractivity contribution in [2.24, 2.45) is 17.3 Å². The maximum atomic E-state index is 12.6. The van der Waals surface area contributed by atoms with Gasteiger partial charge in [0, 0.05) is 18.8 Å². The summed E-state index contributed by atoms with van der Waals surface area (Å²) in [6.45, 7) is 3.01. The zero-order valence-corrected chi connectivity index (χ0v) is 19.8. The molecule has 3 fully saturated rings. The molecule has 1 heterocycles. The van der Waals surface area contributed by atoms with Crippen molar-refractivity contribution in [3.8, 4) is 5.75 Å². The number of Topliss-reactive ketones (excluding diaryl/α,β-unsaturated/α-hetero) is 1. The predicted octanol–water partition coefficient (Wildman–Crippen LogP) is 1.43. The molecule has 1 aromatic rings. The molecule has 0 unspecified atom stereocenters. The van der Waals surface area contributed by atoms with Gasteiger partial charge in [0.2, 0.25) is 12.2 Å². The molecule has 1 aromatic carbocycles. The minimum Gasteiger partial charge on any atom is -0.463 e. The lowest BCUT2D eigenvalue weighted by molar-refractivity contribution is -0.244. The molecule has 1 saturated heterocycles. The maximum absolute atomic E-state index is 12.6. The van der Waals surface area contributed by atoms with E-state index in [1.807, 2.05) is 12.1 Å².